The molecule has 0 spiro atoms. The Hall–Kier alpha value is -3.60. The van der Waals surface area contributed by atoms with Crippen molar-refractivity contribution in [2.24, 2.45) is 0 Å². The van der Waals surface area contributed by atoms with Crippen LogP contribution in [0.3, 0.4) is 0 Å². The average Bonchev–Trinajstić information content (AvgIpc) is 2.82. The van der Waals surface area contributed by atoms with E-state index in [0.29, 0.717) is 18.6 Å². The van der Waals surface area contributed by atoms with E-state index in [9.17, 15) is 9.59 Å². The van der Waals surface area contributed by atoms with Crippen LogP contribution >= 0.6 is 0 Å². The Kier molecular flexibility index (Phi) is 7.88. The SMILES string of the molecule is COC(=O)[C@@H](Cc1ccc(OCc2ccccc2)cc1)NC(=O)c1ccc(C(C)(C)C)cc1. The topological polar surface area (TPSA) is 64.6 Å². The van der Waals surface area contributed by atoms with Gasteiger partial charge in [0.15, 0.2) is 0 Å². The maximum Gasteiger partial charge on any atom is 0.328 e. The quantitative estimate of drug-likeness (QED) is 0.491. The second-order valence-corrected chi connectivity index (χ2v) is 9.00. The average molecular weight is 446 g/mol. The molecular weight excluding hydrogens is 414 g/mol. The minimum absolute atomic E-state index is 0.000527. The molecule has 0 aliphatic carbocycles. The zero-order chi connectivity index (χ0) is 23.8. The van der Waals surface area contributed by atoms with E-state index in [2.05, 4.69) is 26.1 Å². The lowest BCUT2D eigenvalue weighted by atomic mass is 9.86. The number of ether oxygens (including phenoxy) is 2. The Morgan fingerprint density at radius 1 is 0.848 bits per heavy atom. The van der Waals surface area contributed by atoms with Crippen molar-refractivity contribution in [1.82, 2.24) is 5.32 Å². The molecule has 0 saturated carbocycles. The van der Waals surface area contributed by atoms with E-state index in [-0.39, 0.29) is 11.3 Å². The van der Waals surface area contributed by atoms with Crippen LogP contribution in [0.25, 0.3) is 0 Å². The predicted octanol–water partition coefficient (Wildman–Crippen LogP) is 5.08. The van der Waals surface area contributed by atoms with Crippen LogP contribution in [0.5, 0.6) is 5.75 Å². The zero-order valence-electron chi connectivity index (χ0n) is 19.6. The van der Waals surface area contributed by atoms with Crippen LogP contribution < -0.4 is 10.1 Å². The highest BCUT2D eigenvalue weighted by atomic mass is 16.5. The molecule has 0 fully saturated rings. The van der Waals surface area contributed by atoms with Crippen molar-refractivity contribution in [3.8, 4) is 5.75 Å². The number of hydrogen-bond donors (Lipinski definition) is 1. The molecule has 0 aromatic heterocycles. The molecule has 1 amide bonds. The summed E-state index contributed by atoms with van der Waals surface area (Å²) in [5.41, 5.74) is 3.62. The number of nitrogens with one attached hydrogen (secondary N) is 1. The van der Waals surface area contributed by atoms with Crippen molar-refractivity contribution < 1.29 is 19.1 Å². The summed E-state index contributed by atoms with van der Waals surface area (Å²) in [6.07, 6.45) is 0.317. The fourth-order valence-electron chi connectivity index (χ4n) is 3.40. The van der Waals surface area contributed by atoms with E-state index in [0.717, 1.165) is 22.4 Å². The van der Waals surface area contributed by atoms with Gasteiger partial charge in [-0.1, -0.05) is 75.4 Å². The van der Waals surface area contributed by atoms with Crippen LogP contribution in [-0.4, -0.2) is 25.0 Å². The van der Waals surface area contributed by atoms with E-state index in [1.54, 1.807) is 12.1 Å². The van der Waals surface area contributed by atoms with Gasteiger partial charge >= 0.3 is 5.97 Å². The Balaban J connectivity index is 1.63. The minimum Gasteiger partial charge on any atom is -0.489 e. The third-order valence-corrected chi connectivity index (χ3v) is 5.42. The third-order valence-electron chi connectivity index (χ3n) is 5.42. The summed E-state index contributed by atoms with van der Waals surface area (Å²) in [5.74, 6) is -0.0621. The molecule has 33 heavy (non-hydrogen) atoms. The van der Waals surface area contributed by atoms with Crippen LogP contribution in [-0.2, 0) is 28.0 Å². The van der Waals surface area contributed by atoms with Gasteiger partial charge in [-0.25, -0.2) is 4.79 Å². The Labute approximate surface area is 195 Å². The molecule has 3 rings (SSSR count). The van der Waals surface area contributed by atoms with Gasteiger partial charge in [0.05, 0.1) is 7.11 Å². The van der Waals surface area contributed by atoms with Crippen molar-refractivity contribution in [3.63, 3.8) is 0 Å². The van der Waals surface area contributed by atoms with Crippen molar-refractivity contribution in [3.05, 3.63) is 101 Å². The summed E-state index contributed by atoms with van der Waals surface area (Å²) >= 11 is 0. The maximum absolute atomic E-state index is 12.8. The summed E-state index contributed by atoms with van der Waals surface area (Å²) in [4.78, 5) is 25.1. The first-order valence-corrected chi connectivity index (χ1v) is 11.0. The largest absolute Gasteiger partial charge is 0.489 e. The highest BCUT2D eigenvalue weighted by molar-refractivity contribution is 5.96. The van der Waals surface area contributed by atoms with Crippen LogP contribution in [0.2, 0.25) is 0 Å². The van der Waals surface area contributed by atoms with Gasteiger partial charge in [-0.05, 0) is 46.4 Å². The number of benzene rings is 3. The number of amides is 1. The number of carbonyl (C=O) groups excluding carboxylic acids is 2. The normalized spacial score (nSPS) is 12.0. The van der Waals surface area contributed by atoms with E-state index >= 15 is 0 Å². The summed E-state index contributed by atoms with van der Waals surface area (Å²) in [5, 5.41) is 2.81. The molecule has 1 atom stereocenters. The summed E-state index contributed by atoms with van der Waals surface area (Å²) in [6.45, 7) is 6.84. The van der Waals surface area contributed by atoms with Crippen molar-refractivity contribution in [2.45, 2.75) is 45.3 Å². The summed E-state index contributed by atoms with van der Waals surface area (Å²) in [6, 6.07) is 24.1. The van der Waals surface area contributed by atoms with Crippen LogP contribution in [0.15, 0.2) is 78.9 Å². The standard InChI is InChI=1S/C28H31NO4/c1-28(2,3)23-14-12-22(13-15-23)26(30)29-25(27(31)32-4)18-20-10-16-24(17-11-20)33-19-21-8-6-5-7-9-21/h5-17,25H,18-19H2,1-4H3,(H,29,30)/t25-/m1/s1. The Morgan fingerprint density at radius 3 is 2.06 bits per heavy atom. The molecule has 0 saturated heterocycles. The monoisotopic (exact) mass is 445 g/mol. The minimum atomic E-state index is -0.791. The van der Waals surface area contributed by atoms with Gasteiger partial charge in [0.25, 0.3) is 5.91 Å². The molecule has 0 bridgehead atoms. The van der Waals surface area contributed by atoms with Gasteiger partial charge in [0, 0.05) is 12.0 Å². The third kappa shape index (κ3) is 6.94. The van der Waals surface area contributed by atoms with Crippen molar-refractivity contribution in [1.29, 1.82) is 0 Å². The van der Waals surface area contributed by atoms with Gasteiger partial charge in [0.2, 0.25) is 0 Å². The molecule has 5 nitrogen and oxygen atoms in total. The zero-order valence-corrected chi connectivity index (χ0v) is 19.6. The molecule has 0 aliphatic rings. The molecular formula is C28H31NO4. The molecule has 0 aliphatic heterocycles. The van der Waals surface area contributed by atoms with Crippen LogP contribution in [0.4, 0.5) is 0 Å². The Morgan fingerprint density at radius 2 is 1.48 bits per heavy atom. The highest BCUT2D eigenvalue weighted by Gasteiger charge is 2.23. The Bertz CT molecular complexity index is 1050. The van der Waals surface area contributed by atoms with E-state index in [1.807, 2.05) is 66.7 Å². The van der Waals surface area contributed by atoms with Gasteiger partial charge in [0.1, 0.15) is 18.4 Å². The molecule has 0 radical (unpaired) electrons. The highest BCUT2D eigenvalue weighted by Crippen LogP contribution is 2.22. The van der Waals surface area contributed by atoms with Gasteiger partial charge in [-0.3, -0.25) is 4.79 Å². The molecule has 1 N–H and O–H groups in total. The number of carbonyl (C=O) groups is 2. The predicted molar refractivity (Wildman–Crippen MR) is 129 cm³/mol. The van der Waals surface area contributed by atoms with Gasteiger partial charge in [-0.15, -0.1) is 0 Å². The fourth-order valence-corrected chi connectivity index (χ4v) is 3.40. The lowest BCUT2D eigenvalue weighted by Gasteiger charge is -2.20. The number of methoxy groups -OCH3 is 1. The number of rotatable bonds is 8. The van der Waals surface area contributed by atoms with Crippen molar-refractivity contribution in [2.75, 3.05) is 7.11 Å². The second-order valence-electron chi connectivity index (χ2n) is 9.00. The molecule has 3 aromatic carbocycles. The van der Waals surface area contributed by atoms with E-state index < -0.39 is 12.0 Å². The summed E-state index contributed by atoms with van der Waals surface area (Å²) in [7, 11) is 1.32. The first kappa shape index (κ1) is 24.1. The first-order chi connectivity index (χ1) is 15.8. The van der Waals surface area contributed by atoms with Gasteiger partial charge < -0.3 is 14.8 Å². The first-order valence-electron chi connectivity index (χ1n) is 11.0. The van der Waals surface area contributed by atoms with E-state index in [1.165, 1.54) is 7.11 Å². The number of hydrogen-bond acceptors (Lipinski definition) is 4. The van der Waals surface area contributed by atoms with Gasteiger partial charge in [-0.2, -0.15) is 0 Å². The fraction of sp³-hybridized carbons (Fsp3) is 0.286. The second kappa shape index (κ2) is 10.8. The molecule has 0 heterocycles. The smallest absolute Gasteiger partial charge is 0.328 e. The molecule has 0 unspecified atom stereocenters. The van der Waals surface area contributed by atoms with Crippen LogP contribution in [0.1, 0.15) is 47.8 Å². The van der Waals surface area contributed by atoms with E-state index in [4.69, 9.17) is 9.47 Å². The lowest BCUT2D eigenvalue weighted by molar-refractivity contribution is -0.142. The molecule has 5 heteroatoms. The van der Waals surface area contributed by atoms with Crippen LogP contribution in [0, 0.1) is 0 Å². The molecule has 172 valence electrons. The van der Waals surface area contributed by atoms with Crippen molar-refractivity contribution >= 4 is 11.9 Å². The lowest BCUT2D eigenvalue weighted by Crippen LogP contribution is -2.43. The number of esters is 1. The maximum atomic E-state index is 12.8. The molecule has 3 aromatic rings. The summed E-state index contributed by atoms with van der Waals surface area (Å²) < 4.78 is 10.7.